The second-order valence-electron chi connectivity index (χ2n) is 5.19. The van der Waals surface area contributed by atoms with Gasteiger partial charge in [0.15, 0.2) is 0 Å². The van der Waals surface area contributed by atoms with Crippen LogP contribution in [0, 0.1) is 3.57 Å². The molecule has 0 saturated heterocycles. The first-order valence-corrected chi connectivity index (χ1v) is 7.07. The molecule has 2 aromatic rings. The van der Waals surface area contributed by atoms with Crippen LogP contribution in [0.15, 0.2) is 24.3 Å². The van der Waals surface area contributed by atoms with E-state index in [4.69, 9.17) is 17.3 Å². The summed E-state index contributed by atoms with van der Waals surface area (Å²) in [4.78, 5) is 0. The Labute approximate surface area is 125 Å². The number of benzene rings is 1. The van der Waals surface area contributed by atoms with Gasteiger partial charge >= 0.3 is 0 Å². The van der Waals surface area contributed by atoms with Gasteiger partial charge in [-0.3, -0.25) is 0 Å². The van der Waals surface area contributed by atoms with Crippen molar-refractivity contribution in [2.45, 2.75) is 26.2 Å². The van der Waals surface area contributed by atoms with Crippen LogP contribution >= 0.6 is 34.2 Å². The molecule has 0 aliphatic rings. The fourth-order valence-electron chi connectivity index (χ4n) is 1.67. The zero-order chi connectivity index (χ0) is 13.5. The zero-order valence-corrected chi connectivity index (χ0v) is 13.5. The van der Waals surface area contributed by atoms with Crippen molar-refractivity contribution in [1.29, 1.82) is 0 Å². The normalized spacial score (nSPS) is 11.8. The molecule has 0 saturated carbocycles. The Morgan fingerprint density at radius 3 is 2.22 bits per heavy atom. The number of hydrogen-bond acceptors (Lipinski definition) is 2. The SMILES string of the molecule is CC(C)(C)c1nn(-c2ccc(Cl)cc2)c(N)c1I. The predicted octanol–water partition coefficient (Wildman–Crippen LogP) is 4.01. The van der Waals surface area contributed by atoms with Crippen LogP contribution in [-0.4, -0.2) is 9.78 Å². The van der Waals surface area contributed by atoms with E-state index in [1.807, 2.05) is 24.3 Å². The summed E-state index contributed by atoms with van der Waals surface area (Å²) in [6, 6.07) is 7.49. The molecule has 3 nitrogen and oxygen atoms in total. The molecule has 0 bridgehead atoms. The monoisotopic (exact) mass is 375 g/mol. The third-order valence-electron chi connectivity index (χ3n) is 2.64. The highest BCUT2D eigenvalue weighted by Crippen LogP contribution is 2.31. The summed E-state index contributed by atoms with van der Waals surface area (Å²) in [5.74, 6) is 0.669. The first kappa shape index (κ1) is 13.7. The molecule has 1 aromatic carbocycles. The maximum atomic E-state index is 6.13. The molecule has 0 aliphatic carbocycles. The van der Waals surface area contributed by atoms with E-state index in [9.17, 15) is 0 Å². The van der Waals surface area contributed by atoms with Crippen LogP contribution < -0.4 is 5.73 Å². The van der Waals surface area contributed by atoms with E-state index in [2.05, 4.69) is 48.5 Å². The maximum absolute atomic E-state index is 6.13. The molecule has 2 rings (SSSR count). The van der Waals surface area contributed by atoms with Gasteiger partial charge in [-0.05, 0) is 46.9 Å². The lowest BCUT2D eigenvalue weighted by Gasteiger charge is -2.15. The van der Waals surface area contributed by atoms with Crippen LogP contribution in [-0.2, 0) is 5.41 Å². The molecular formula is C13H15ClIN3. The lowest BCUT2D eigenvalue weighted by Crippen LogP contribution is -2.14. The summed E-state index contributed by atoms with van der Waals surface area (Å²) < 4.78 is 2.77. The van der Waals surface area contributed by atoms with Crippen LogP contribution in [0.2, 0.25) is 5.02 Å². The van der Waals surface area contributed by atoms with Crippen molar-refractivity contribution >= 4 is 40.0 Å². The fraction of sp³-hybridized carbons (Fsp3) is 0.308. The van der Waals surface area contributed by atoms with Gasteiger partial charge in [-0.25, -0.2) is 4.68 Å². The van der Waals surface area contributed by atoms with Gasteiger partial charge in [0.2, 0.25) is 0 Å². The van der Waals surface area contributed by atoms with Crippen molar-refractivity contribution in [3.63, 3.8) is 0 Å². The lowest BCUT2D eigenvalue weighted by atomic mass is 9.92. The Hall–Kier alpha value is -0.750. The topological polar surface area (TPSA) is 43.8 Å². The number of anilines is 1. The van der Waals surface area contributed by atoms with Gasteiger partial charge in [0.25, 0.3) is 0 Å². The molecule has 0 atom stereocenters. The van der Waals surface area contributed by atoms with Gasteiger partial charge in [-0.1, -0.05) is 32.4 Å². The van der Waals surface area contributed by atoms with E-state index in [0.717, 1.165) is 15.0 Å². The Balaban J connectivity index is 2.56. The lowest BCUT2D eigenvalue weighted by molar-refractivity contribution is 0.557. The standard InChI is InChI=1S/C13H15ClIN3/c1-13(2,3)11-10(15)12(16)18(17-11)9-6-4-8(14)5-7-9/h4-7H,16H2,1-3H3. The molecule has 2 N–H and O–H groups in total. The Morgan fingerprint density at radius 2 is 1.78 bits per heavy atom. The summed E-state index contributed by atoms with van der Waals surface area (Å²) >= 11 is 8.14. The molecule has 0 radical (unpaired) electrons. The average molecular weight is 376 g/mol. The number of rotatable bonds is 1. The third-order valence-corrected chi connectivity index (χ3v) is 3.96. The van der Waals surface area contributed by atoms with Crippen LogP contribution in [0.4, 0.5) is 5.82 Å². The Kier molecular flexibility index (Phi) is 3.60. The van der Waals surface area contributed by atoms with Crippen molar-refractivity contribution in [2.24, 2.45) is 0 Å². The van der Waals surface area contributed by atoms with Crippen LogP contribution in [0.1, 0.15) is 26.5 Å². The summed E-state index contributed by atoms with van der Waals surface area (Å²) in [6.45, 7) is 6.38. The van der Waals surface area contributed by atoms with Crippen molar-refractivity contribution in [3.05, 3.63) is 38.6 Å². The summed E-state index contributed by atoms with van der Waals surface area (Å²) in [5, 5.41) is 5.33. The van der Waals surface area contributed by atoms with E-state index in [-0.39, 0.29) is 5.41 Å². The van der Waals surface area contributed by atoms with Gasteiger partial charge in [0.05, 0.1) is 15.0 Å². The maximum Gasteiger partial charge on any atom is 0.141 e. The van der Waals surface area contributed by atoms with Gasteiger partial charge in [0, 0.05) is 10.4 Å². The van der Waals surface area contributed by atoms with Crippen molar-refractivity contribution in [3.8, 4) is 5.69 Å². The fourth-order valence-corrected chi connectivity index (χ4v) is 2.94. The van der Waals surface area contributed by atoms with Crippen LogP contribution in [0.3, 0.4) is 0 Å². The highest BCUT2D eigenvalue weighted by molar-refractivity contribution is 14.1. The second-order valence-corrected chi connectivity index (χ2v) is 6.70. The predicted molar refractivity (Wildman–Crippen MR) is 84.4 cm³/mol. The summed E-state index contributed by atoms with van der Waals surface area (Å²) in [5.41, 5.74) is 8.04. The van der Waals surface area contributed by atoms with Crippen molar-refractivity contribution in [1.82, 2.24) is 9.78 Å². The Morgan fingerprint density at radius 1 is 1.22 bits per heavy atom. The molecule has 0 unspecified atom stereocenters. The van der Waals surface area contributed by atoms with Crippen LogP contribution in [0.25, 0.3) is 5.69 Å². The highest BCUT2D eigenvalue weighted by atomic mass is 127. The summed E-state index contributed by atoms with van der Waals surface area (Å²) in [7, 11) is 0. The van der Waals surface area contributed by atoms with E-state index >= 15 is 0 Å². The number of aromatic nitrogens is 2. The minimum Gasteiger partial charge on any atom is -0.383 e. The largest absolute Gasteiger partial charge is 0.383 e. The molecule has 0 amide bonds. The van der Waals surface area contributed by atoms with Gasteiger partial charge in [-0.2, -0.15) is 5.10 Å². The van der Waals surface area contributed by atoms with Gasteiger partial charge in [0.1, 0.15) is 5.82 Å². The van der Waals surface area contributed by atoms with Crippen LogP contribution in [0.5, 0.6) is 0 Å². The number of nitrogen functional groups attached to an aromatic ring is 1. The zero-order valence-electron chi connectivity index (χ0n) is 10.5. The van der Waals surface area contributed by atoms with Crippen molar-refractivity contribution in [2.75, 3.05) is 5.73 Å². The van der Waals surface area contributed by atoms with Crippen molar-refractivity contribution < 1.29 is 0 Å². The van der Waals surface area contributed by atoms with E-state index in [0.29, 0.717) is 10.8 Å². The molecule has 0 aliphatic heterocycles. The van der Waals surface area contributed by atoms with E-state index in [1.165, 1.54) is 0 Å². The number of nitrogens with two attached hydrogens (primary N) is 1. The molecule has 1 heterocycles. The van der Waals surface area contributed by atoms with E-state index in [1.54, 1.807) is 4.68 Å². The third kappa shape index (κ3) is 2.49. The number of nitrogens with zero attached hydrogens (tertiary/aromatic N) is 2. The summed E-state index contributed by atoms with van der Waals surface area (Å²) in [6.07, 6.45) is 0. The molecule has 1 aromatic heterocycles. The molecular weight excluding hydrogens is 361 g/mol. The average Bonchev–Trinajstić information content (AvgIpc) is 2.57. The highest BCUT2D eigenvalue weighted by Gasteiger charge is 2.24. The second kappa shape index (κ2) is 4.74. The number of hydrogen-bond donors (Lipinski definition) is 1. The first-order chi connectivity index (χ1) is 8.30. The minimum absolute atomic E-state index is 0.0255. The first-order valence-electron chi connectivity index (χ1n) is 5.61. The molecule has 18 heavy (non-hydrogen) atoms. The van der Waals surface area contributed by atoms with Gasteiger partial charge in [-0.15, -0.1) is 0 Å². The minimum atomic E-state index is -0.0255. The Bertz CT molecular complexity index is 567. The quantitative estimate of drug-likeness (QED) is 0.765. The van der Waals surface area contributed by atoms with Gasteiger partial charge < -0.3 is 5.73 Å². The molecule has 96 valence electrons. The number of halogens is 2. The smallest absolute Gasteiger partial charge is 0.141 e. The molecule has 5 heteroatoms. The molecule has 0 spiro atoms. The van der Waals surface area contributed by atoms with E-state index < -0.39 is 0 Å². The molecule has 0 fully saturated rings.